The van der Waals surface area contributed by atoms with Gasteiger partial charge in [0.05, 0.1) is 0 Å². The minimum absolute atomic E-state index is 0.103. The molecular formula is C15H19F2N3O. The highest BCUT2D eigenvalue weighted by Crippen LogP contribution is 2.26. The molecular weight excluding hydrogens is 276 g/mol. The van der Waals surface area contributed by atoms with Crippen molar-refractivity contribution >= 4 is 0 Å². The molecule has 0 aliphatic carbocycles. The van der Waals surface area contributed by atoms with Crippen molar-refractivity contribution in [1.29, 1.82) is 0 Å². The van der Waals surface area contributed by atoms with Crippen molar-refractivity contribution in [1.82, 2.24) is 10.1 Å². The third kappa shape index (κ3) is 4.07. The largest absolute Gasteiger partial charge is 0.339 e. The second-order valence-corrected chi connectivity index (χ2v) is 5.84. The summed E-state index contributed by atoms with van der Waals surface area (Å²) in [5, 5.41) is 3.80. The van der Waals surface area contributed by atoms with Crippen LogP contribution in [-0.2, 0) is 6.42 Å². The van der Waals surface area contributed by atoms with E-state index in [0.29, 0.717) is 24.4 Å². The molecule has 2 aromatic rings. The van der Waals surface area contributed by atoms with Gasteiger partial charge in [0, 0.05) is 12.0 Å². The summed E-state index contributed by atoms with van der Waals surface area (Å²) in [5.41, 5.74) is 6.07. The number of hydrogen-bond donors (Lipinski definition) is 1. The quantitative estimate of drug-likeness (QED) is 0.887. The van der Waals surface area contributed by atoms with E-state index >= 15 is 0 Å². The fourth-order valence-electron chi connectivity index (χ4n) is 2.07. The summed E-state index contributed by atoms with van der Waals surface area (Å²) >= 11 is 0. The first-order valence-electron chi connectivity index (χ1n) is 6.89. The van der Waals surface area contributed by atoms with Crippen LogP contribution in [0.2, 0.25) is 0 Å². The summed E-state index contributed by atoms with van der Waals surface area (Å²) in [4.78, 5) is 4.22. The number of halogens is 2. The molecule has 0 amide bonds. The van der Waals surface area contributed by atoms with E-state index in [1.165, 1.54) is 6.07 Å². The first kappa shape index (κ1) is 15.6. The average molecular weight is 295 g/mol. The summed E-state index contributed by atoms with van der Waals surface area (Å²) in [6, 6.07) is 3.53. The van der Waals surface area contributed by atoms with Gasteiger partial charge in [0.1, 0.15) is 0 Å². The number of nitrogens with two attached hydrogens (primary N) is 1. The predicted molar refractivity (Wildman–Crippen MR) is 75.4 cm³/mol. The van der Waals surface area contributed by atoms with Gasteiger partial charge in [0.25, 0.3) is 0 Å². The molecule has 0 bridgehead atoms. The highest BCUT2D eigenvalue weighted by atomic mass is 19.2. The molecule has 0 aliphatic rings. The second kappa shape index (κ2) is 6.30. The van der Waals surface area contributed by atoms with E-state index in [2.05, 4.69) is 24.0 Å². The van der Waals surface area contributed by atoms with E-state index in [1.807, 2.05) is 0 Å². The van der Waals surface area contributed by atoms with Crippen LogP contribution in [0.25, 0.3) is 11.4 Å². The third-order valence-electron chi connectivity index (χ3n) is 3.48. The molecule has 21 heavy (non-hydrogen) atoms. The Balaban J connectivity index is 2.06. The minimum Gasteiger partial charge on any atom is -0.339 e. The molecule has 114 valence electrons. The van der Waals surface area contributed by atoms with Crippen LogP contribution >= 0.6 is 0 Å². The molecule has 0 saturated heterocycles. The summed E-state index contributed by atoms with van der Waals surface area (Å²) in [7, 11) is 0. The molecule has 2 rings (SSSR count). The van der Waals surface area contributed by atoms with Crippen molar-refractivity contribution in [3.8, 4) is 11.4 Å². The average Bonchev–Trinajstić information content (AvgIpc) is 2.89. The Hall–Kier alpha value is -1.82. The summed E-state index contributed by atoms with van der Waals surface area (Å²) in [6.07, 6.45) is 2.41. The maximum atomic E-state index is 13.2. The van der Waals surface area contributed by atoms with Crippen molar-refractivity contribution in [2.45, 2.75) is 33.1 Å². The Kier molecular flexibility index (Phi) is 4.67. The Morgan fingerprint density at radius 2 is 1.95 bits per heavy atom. The standard InChI is InChI=1S/C15H19F2N3O/c1-15(2,7-8-18)6-5-13-19-14(20-21-13)10-3-4-11(16)12(17)9-10/h3-4,9H,5-8,18H2,1-2H3. The second-order valence-electron chi connectivity index (χ2n) is 5.84. The van der Waals surface area contributed by atoms with Gasteiger partial charge in [-0.1, -0.05) is 19.0 Å². The number of aryl methyl sites for hydroxylation is 1. The Bertz CT molecular complexity index is 611. The van der Waals surface area contributed by atoms with Crippen LogP contribution in [0.5, 0.6) is 0 Å². The zero-order valence-corrected chi connectivity index (χ0v) is 12.2. The first-order chi connectivity index (χ1) is 9.91. The molecule has 0 unspecified atom stereocenters. The van der Waals surface area contributed by atoms with Gasteiger partial charge in [-0.25, -0.2) is 8.78 Å². The van der Waals surface area contributed by atoms with E-state index in [4.69, 9.17) is 10.3 Å². The fraction of sp³-hybridized carbons (Fsp3) is 0.467. The topological polar surface area (TPSA) is 64.9 Å². The van der Waals surface area contributed by atoms with Crippen molar-refractivity contribution in [3.63, 3.8) is 0 Å². The molecule has 0 atom stereocenters. The van der Waals surface area contributed by atoms with Gasteiger partial charge in [0.2, 0.25) is 11.7 Å². The zero-order valence-electron chi connectivity index (χ0n) is 12.2. The molecule has 4 nitrogen and oxygen atoms in total. The third-order valence-corrected chi connectivity index (χ3v) is 3.48. The van der Waals surface area contributed by atoms with E-state index < -0.39 is 11.6 Å². The highest BCUT2D eigenvalue weighted by Gasteiger charge is 2.19. The van der Waals surface area contributed by atoms with Crippen LogP contribution in [0.3, 0.4) is 0 Å². The van der Waals surface area contributed by atoms with Gasteiger partial charge < -0.3 is 10.3 Å². The van der Waals surface area contributed by atoms with Crippen molar-refractivity contribution < 1.29 is 13.3 Å². The predicted octanol–water partition coefficient (Wildman–Crippen LogP) is 3.32. The van der Waals surface area contributed by atoms with Crippen LogP contribution in [0.1, 0.15) is 32.6 Å². The number of benzene rings is 1. The minimum atomic E-state index is -0.928. The maximum absolute atomic E-state index is 13.2. The monoisotopic (exact) mass is 295 g/mol. The van der Waals surface area contributed by atoms with Crippen LogP contribution in [0.15, 0.2) is 22.7 Å². The van der Waals surface area contributed by atoms with Crippen molar-refractivity contribution in [2.75, 3.05) is 6.54 Å². The van der Waals surface area contributed by atoms with Crippen LogP contribution in [-0.4, -0.2) is 16.7 Å². The molecule has 0 saturated carbocycles. The first-order valence-corrected chi connectivity index (χ1v) is 6.89. The fourth-order valence-corrected chi connectivity index (χ4v) is 2.07. The number of rotatable bonds is 6. The lowest BCUT2D eigenvalue weighted by Crippen LogP contribution is -2.17. The number of hydrogen-bond acceptors (Lipinski definition) is 4. The van der Waals surface area contributed by atoms with Crippen molar-refractivity contribution in [3.05, 3.63) is 35.7 Å². The van der Waals surface area contributed by atoms with Crippen molar-refractivity contribution in [2.24, 2.45) is 11.1 Å². The van der Waals surface area contributed by atoms with Gasteiger partial charge in [0.15, 0.2) is 11.6 Å². The SMILES string of the molecule is CC(C)(CCN)CCc1nc(-c2ccc(F)c(F)c2)no1. The molecule has 0 aliphatic heterocycles. The van der Waals surface area contributed by atoms with Gasteiger partial charge in [-0.3, -0.25) is 0 Å². The molecule has 1 heterocycles. The Morgan fingerprint density at radius 3 is 2.62 bits per heavy atom. The van der Waals surface area contributed by atoms with Gasteiger partial charge >= 0.3 is 0 Å². The molecule has 1 aromatic heterocycles. The van der Waals surface area contributed by atoms with Gasteiger partial charge in [-0.2, -0.15) is 4.98 Å². The van der Waals surface area contributed by atoms with E-state index in [0.717, 1.165) is 25.0 Å². The zero-order chi connectivity index (χ0) is 15.5. The normalized spacial score (nSPS) is 11.9. The van der Waals surface area contributed by atoms with Crippen LogP contribution in [0, 0.1) is 17.0 Å². The summed E-state index contributed by atoms with van der Waals surface area (Å²) in [6.45, 7) is 4.90. The lowest BCUT2D eigenvalue weighted by atomic mass is 9.84. The maximum Gasteiger partial charge on any atom is 0.226 e. The lowest BCUT2D eigenvalue weighted by Gasteiger charge is -2.22. The number of nitrogens with zero attached hydrogens (tertiary/aromatic N) is 2. The lowest BCUT2D eigenvalue weighted by molar-refractivity contribution is 0.289. The molecule has 0 spiro atoms. The van der Waals surface area contributed by atoms with E-state index in [1.54, 1.807) is 0 Å². The molecule has 2 N–H and O–H groups in total. The highest BCUT2D eigenvalue weighted by molar-refractivity contribution is 5.54. The number of aromatic nitrogens is 2. The molecule has 1 aromatic carbocycles. The molecule has 0 fully saturated rings. The summed E-state index contributed by atoms with van der Waals surface area (Å²) in [5.74, 6) is -1.07. The van der Waals surface area contributed by atoms with Gasteiger partial charge in [-0.15, -0.1) is 0 Å². The summed E-state index contributed by atoms with van der Waals surface area (Å²) < 4.78 is 31.2. The Morgan fingerprint density at radius 1 is 1.19 bits per heavy atom. The molecule has 0 radical (unpaired) electrons. The van der Waals surface area contributed by atoms with Crippen LogP contribution < -0.4 is 5.73 Å². The smallest absolute Gasteiger partial charge is 0.226 e. The van der Waals surface area contributed by atoms with Crippen LogP contribution in [0.4, 0.5) is 8.78 Å². The van der Waals surface area contributed by atoms with Gasteiger partial charge in [-0.05, 0) is 43.0 Å². The van der Waals surface area contributed by atoms with E-state index in [-0.39, 0.29) is 11.2 Å². The molecule has 6 heteroatoms. The Labute approximate surface area is 122 Å². The van der Waals surface area contributed by atoms with E-state index in [9.17, 15) is 8.78 Å².